The summed E-state index contributed by atoms with van der Waals surface area (Å²) in [4.78, 5) is 11.5. The largest absolute Gasteiger partial charge is 0.494 e. The lowest BCUT2D eigenvalue weighted by atomic mass is 9.91. The highest BCUT2D eigenvalue weighted by Gasteiger charge is 2.26. The molecule has 1 N–H and O–H groups in total. The van der Waals surface area contributed by atoms with E-state index in [1.54, 1.807) is 24.3 Å². The van der Waals surface area contributed by atoms with Gasteiger partial charge < -0.3 is 9.84 Å². The molecule has 0 bridgehead atoms. The van der Waals surface area contributed by atoms with E-state index in [-0.39, 0.29) is 17.0 Å². The van der Waals surface area contributed by atoms with E-state index in [1.807, 2.05) is 6.92 Å². The Morgan fingerprint density at radius 1 is 1.27 bits per heavy atom. The second-order valence-corrected chi connectivity index (χ2v) is 5.21. The number of hydrogen-bond donors (Lipinski definition) is 1. The topological polar surface area (TPSA) is 46.5 Å². The minimum Gasteiger partial charge on any atom is -0.494 e. The van der Waals surface area contributed by atoms with Gasteiger partial charge in [0, 0.05) is 10.6 Å². The lowest BCUT2D eigenvalue weighted by Gasteiger charge is -2.15. The van der Waals surface area contributed by atoms with Crippen molar-refractivity contribution in [2.24, 2.45) is 0 Å². The molecule has 3 nitrogen and oxygen atoms in total. The predicted octanol–water partition coefficient (Wildman–Crippen LogP) is 4.29. The van der Waals surface area contributed by atoms with Gasteiger partial charge in [-0.05, 0) is 43.2 Å². The average Bonchev–Trinajstić information content (AvgIpc) is 2.48. The Labute approximate surface area is 133 Å². The molecule has 0 saturated heterocycles. The zero-order chi connectivity index (χ0) is 16.1. The predicted molar refractivity (Wildman–Crippen MR) is 83.1 cm³/mol. The van der Waals surface area contributed by atoms with Gasteiger partial charge in [0.25, 0.3) is 0 Å². The summed E-state index contributed by atoms with van der Waals surface area (Å²) < 4.78 is 19.3. The Bertz CT molecular complexity index is 635. The molecule has 2 rings (SSSR count). The van der Waals surface area contributed by atoms with Crippen molar-refractivity contribution in [2.45, 2.75) is 19.3 Å². The number of rotatable bonds is 6. The summed E-state index contributed by atoms with van der Waals surface area (Å²) in [6.45, 7) is 2.44. The highest BCUT2D eigenvalue weighted by Crippen LogP contribution is 2.30. The molecule has 0 spiro atoms. The van der Waals surface area contributed by atoms with Crippen LogP contribution in [-0.4, -0.2) is 17.7 Å². The Kier molecular flexibility index (Phi) is 5.39. The Balaban J connectivity index is 2.28. The molecule has 0 aliphatic rings. The second-order valence-electron chi connectivity index (χ2n) is 4.81. The third-order valence-corrected chi connectivity index (χ3v) is 3.65. The van der Waals surface area contributed by atoms with Crippen molar-refractivity contribution in [3.63, 3.8) is 0 Å². The van der Waals surface area contributed by atoms with Crippen LogP contribution in [0.5, 0.6) is 5.75 Å². The molecule has 1 unspecified atom stereocenters. The molecule has 0 radical (unpaired) electrons. The van der Waals surface area contributed by atoms with Crippen LogP contribution < -0.4 is 4.74 Å². The Morgan fingerprint density at radius 3 is 2.50 bits per heavy atom. The van der Waals surface area contributed by atoms with Crippen molar-refractivity contribution in [2.75, 3.05) is 6.61 Å². The third-order valence-electron chi connectivity index (χ3n) is 3.32. The van der Waals surface area contributed by atoms with Crippen LogP contribution in [0.25, 0.3) is 0 Å². The fourth-order valence-electron chi connectivity index (χ4n) is 2.28. The smallest absolute Gasteiger partial charge is 0.311 e. The van der Waals surface area contributed by atoms with Crippen LogP contribution in [0.1, 0.15) is 24.0 Å². The van der Waals surface area contributed by atoms with E-state index >= 15 is 0 Å². The molecule has 116 valence electrons. The van der Waals surface area contributed by atoms with Gasteiger partial charge in [0.15, 0.2) is 0 Å². The maximum atomic E-state index is 14.0. The number of carboxylic acids is 1. The molecule has 0 saturated carbocycles. The van der Waals surface area contributed by atoms with Crippen LogP contribution in [-0.2, 0) is 11.2 Å². The molecule has 2 aromatic carbocycles. The zero-order valence-electron chi connectivity index (χ0n) is 12.1. The van der Waals surface area contributed by atoms with Gasteiger partial charge in [-0.25, -0.2) is 4.39 Å². The molecule has 0 aliphatic carbocycles. The molecular formula is C17H16ClFO3. The summed E-state index contributed by atoms with van der Waals surface area (Å²) in [7, 11) is 0. The first-order valence-electron chi connectivity index (χ1n) is 6.91. The van der Waals surface area contributed by atoms with Gasteiger partial charge in [-0.1, -0.05) is 29.8 Å². The lowest BCUT2D eigenvalue weighted by Crippen LogP contribution is -2.16. The minimum absolute atomic E-state index is 0.0190. The molecule has 0 fully saturated rings. The van der Waals surface area contributed by atoms with E-state index in [1.165, 1.54) is 18.2 Å². The average molecular weight is 323 g/mol. The monoisotopic (exact) mass is 322 g/mol. The van der Waals surface area contributed by atoms with Gasteiger partial charge in [-0.15, -0.1) is 0 Å². The maximum absolute atomic E-state index is 14.0. The fourth-order valence-corrected chi connectivity index (χ4v) is 2.58. The van der Waals surface area contributed by atoms with Crippen LogP contribution >= 0.6 is 11.6 Å². The van der Waals surface area contributed by atoms with E-state index < -0.39 is 17.7 Å². The van der Waals surface area contributed by atoms with Gasteiger partial charge >= 0.3 is 5.97 Å². The Morgan fingerprint density at radius 2 is 1.95 bits per heavy atom. The highest BCUT2D eigenvalue weighted by molar-refractivity contribution is 6.31. The van der Waals surface area contributed by atoms with Crippen molar-refractivity contribution in [3.05, 3.63) is 64.4 Å². The summed E-state index contributed by atoms with van der Waals surface area (Å²) in [6, 6.07) is 11.2. The number of aliphatic carboxylic acids is 1. The van der Waals surface area contributed by atoms with E-state index in [2.05, 4.69) is 0 Å². The molecule has 0 amide bonds. The molecular weight excluding hydrogens is 307 g/mol. The molecule has 0 aromatic heterocycles. The minimum atomic E-state index is -1.11. The quantitative estimate of drug-likeness (QED) is 0.863. The SMILES string of the molecule is CCOc1ccc(CC(C(=O)O)c2c(F)cccc2Cl)cc1. The molecule has 22 heavy (non-hydrogen) atoms. The van der Waals surface area contributed by atoms with Gasteiger partial charge in [0.1, 0.15) is 11.6 Å². The standard InChI is InChI=1S/C17H16ClFO3/c1-2-22-12-8-6-11(7-9-12)10-13(17(20)21)16-14(18)4-3-5-15(16)19/h3-9,13H,2,10H2,1H3,(H,20,21). The van der Waals surface area contributed by atoms with Gasteiger partial charge in [-0.2, -0.15) is 0 Å². The van der Waals surface area contributed by atoms with Crippen molar-refractivity contribution in [1.29, 1.82) is 0 Å². The number of hydrogen-bond acceptors (Lipinski definition) is 2. The number of carboxylic acid groups (broad SMARTS) is 1. The molecule has 2 aromatic rings. The number of carbonyl (C=O) groups is 1. The van der Waals surface area contributed by atoms with Crippen LogP contribution in [0.4, 0.5) is 4.39 Å². The summed E-state index contributed by atoms with van der Waals surface area (Å²) >= 11 is 5.98. The molecule has 0 heterocycles. The number of benzene rings is 2. The van der Waals surface area contributed by atoms with Crippen LogP contribution in [0, 0.1) is 5.82 Å². The number of ether oxygens (including phenoxy) is 1. The summed E-state index contributed by atoms with van der Waals surface area (Å²) in [5, 5.41) is 9.55. The molecule has 5 heteroatoms. The van der Waals surface area contributed by atoms with E-state index in [0.717, 1.165) is 5.56 Å². The molecule has 0 aliphatic heterocycles. The highest BCUT2D eigenvalue weighted by atomic mass is 35.5. The first-order valence-corrected chi connectivity index (χ1v) is 7.29. The van der Waals surface area contributed by atoms with Gasteiger partial charge in [0.2, 0.25) is 0 Å². The van der Waals surface area contributed by atoms with Crippen LogP contribution in [0.15, 0.2) is 42.5 Å². The van der Waals surface area contributed by atoms with Gasteiger partial charge in [-0.3, -0.25) is 4.79 Å². The van der Waals surface area contributed by atoms with Crippen molar-refractivity contribution < 1.29 is 19.0 Å². The normalized spacial score (nSPS) is 12.0. The first kappa shape index (κ1) is 16.3. The zero-order valence-corrected chi connectivity index (χ0v) is 12.8. The molecule has 1 atom stereocenters. The van der Waals surface area contributed by atoms with Crippen molar-refractivity contribution in [1.82, 2.24) is 0 Å². The Hall–Kier alpha value is -2.07. The fraction of sp³-hybridized carbons (Fsp3) is 0.235. The summed E-state index contributed by atoms with van der Waals surface area (Å²) in [6.07, 6.45) is 0.155. The maximum Gasteiger partial charge on any atom is 0.311 e. The summed E-state index contributed by atoms with van der Waals surface area (Å²) in [5.74, 6) is -2.04. The number of halogens is 2. The van der Waals surface area contributed by atoms with E-state index in [4.69, 9.17) is 16.3 Å². The lowest BCUT2D eigenvalue weighted by molar-refractivity contribution is -0.138. The van der Waals surface area contributed by atoms with Crippen LogP contribution in [0.2, 0.25) is 5.02 Å². The van der Waals surface area contributed by atoms with Gasteiger partial charge in [0.05, 0.1) is 12.5 Å². The third kappa shape index (κ3) is 3.77. The van der Waals surface area contributed by atoms with E-state index in [0.29, 0.717) is 12.4 Å². The van der Waals surface area contributed by atoms with Crippen LogP contribution in [0.3, 0.4) is 0 Å². The van der Waals surface area contributed by atoms with Crippen molar-refractivity contribution >= 4 is 17.6 Å². The summed E-state index contributed by atoms with van der Waals surface area (Å²) in [5.41, 5.74) is 0.792. The van der Waals surface area contributed by atoms with E-state index in [9.17, 15) is 14.3 Å². The second kappa shape index (κ2) is 7.27. The first-order chi connectivity index (χ1) is 10.5. The van der Waals surface area contributed by atoms with Crippen molar-refractivity contribution in [3.8, 4) is 5.75 Å².